The average molecular weight is 430 g/mol. The highest BCUT2D eigenvalue weighted by Crippen LogP contribution is 2.21. The van der Waals surface area contributed by atoms with Gasteiger partial charge in [0.1, 0.15) is 11.5 Å². The lowest BCUT2D eigenvalue weighted by Gasteiger charge is -2.13. The summed E-state index contributed by atoms with van der Waals surface area (Å²) in [6.45, 7) is 6.37. The summed E-state index contributed by atoms with van der Waals surface area (Å²) in [7, 11) is 0. The Kier molecular flexibility index (Phi) is 9.08. The van der Waals surface area contributed by atoms with E-state index in [1.807, 2.05) is 32.0 Å². The Hall–Kier alpha value is -3.13. The molecular weight excluding hydrogens is 402 g/mol. The van der Waals surface area contributed by atoms with Gasteiger partial charge < -0.3 is 9.47 Å². The molecule has 0 heterocycles. The minimum absolute atomic E-state index is 0.0244. The molecule has 160 valence electrons. The van der Waals surface area contributed by atoms with Crippen LogP contribution in [0.1, 0.15) is 41.3 Å². The summed E-state index contributed by atoms with van der Waals surface area (Å²) in [6.07, 6.45) is 2.03. The van der Waals surface area contributed by atoms with E-state index in [4.69, 9.17) is 21.7 Å². The lowest BCUT2D eigenvalue weighted by atomic mass is 10.1. The molecule has 0 aliphatic heterocycles. The SMILES string of the molecule is CCCCOc1ccc(C(=O)NC(=S)NNC(=O)COc2c(C)cccc2C)cc1. The van der Waals surface area contributed by atoms with Gasteiger partial charge in [0.25, 0.3) is 11.8 Å². The predicted octanol–water partition coefficient (Wildman–Crippen LogP) is 3.20. The summed E-state index contributed by atoms with van der Waals surface area (Å²) in [6, 6.07) is 12.5. The Labute approximate surface area is 182 Å². The predicted molar refractivity (Wildman–Crippen MR) is 120 cm³/mol. The third-order valence-electron chi connectivity index (χ3n) is 4.18. The summed E-state index contributed by atoms with van der Waals surface area (Å²) in [5.41, 5.74) is 7.20. The van der Waals surface area contributed by atoms with Crippen molar-refractivity contribution in [2.24, 2.45) is 0 Å². The number of hydrazine groups is 1. The lowest BCUT2D eigenvalue weighted by Crippen LogP contribution is -2.49. The highest BCUT2D eigenvalue weighted by Gasteiger charge is 2.10. The van der Waals surface area contributed by atoms with E-state index in [0.717, 1.165) is 24.0 Å². The highest BCUT2D eigenvalue weighted by molar-refractivity contribution is 7.80. The molecule has 3 N–H and O–H groups in total. The van der Waals surface area contributed by atoms with Gasteiger partial charge in [0.05, 0.1) is 6.61 Å². The summed E-state index contributed by atoms with van der Waals surface area (Å²) in [4.78, 5) is 24.2. The first-order chi connectivity index (χ1) is 14.4. The molecular formula is C22H27N3O4S. The molecule has 0 atom stereocenters. The molecule has 30 heavy (non-hydrogen) atoms. The number of hydrogen-bond acceptors (Lipinski definition) is 5. The number of ether oxygens (including phenoxy) is 2. The van der Waals surface area contributed by atoms with Gasteiger partial charge >= 0.3 is 0 Å². The Balaban J connectivity index is 1.74. The Morgan fingerprint density at radius 2 is 1.63 bits per heavy atom. The van der Waals surface area contributed by atoms with Crippen molar-refractivity contribution in [1.82, 2.24) is 16.2 Å². The van der Waals surface area contributed by atoms with Crippen molar-refractivity contribution >= 4 is 29.1 Å². The molecule has 7 nitrogen and oxygen atoms in total. The number of rotatable bonds is 8. The van der Waals surface area contributed by atoms with Gasteiger partial charge in [-0.2, -0.15) is 0 Å². The third-order valence-corrected chi connectivity index (χ3v) is 4.39. The molecule has 2 aromatic rings. The van der Waals surface area contributed by atoms with Crippen molar-refractivity contribution in [3.05, 3.63) is 59.2 Å². The topological polar surface area (TPSA) is 88.7 Å². The standard InChI is InChI=1S/C22H27N3O4S/c1-4-5-13-28-18-11-9-17(10-12-18)21(27)23-22(30)25-24-19(26)14-29-20-15(2)7-6-8-16(20)3/h6-12H,4-5,13-14H2,1-3H3,(H,24,26)(H2,23,25,27,30). The monoisotopic (exact) mass is 429 g/mol. The zero-order valence-corrected chi connectivity index (χ0v) is 18.2. The van der Waals surface area contributed by atoms with Gasteiger partial charge in [-0.1, -0.05) is 31.5 Å². The van der Waals surface area contributed by atoms with Crippen molar-refractivity contribution in [2.75, 3.05) is 13.2 Å². The zero-order chi connectivity index (χ0) is 21.9. The second-order valence-corrected chi connectivity index (χ2v) is 7.10. The minimum Gasteiger partial charge on any atom is -0.494 e. The van der Waals surface area contributed by atoms with Gasteiger partial charge in [0, 0.05) is 5.56 Å². The minimum atomic E-state index is -0.428. The molecule has 0 fully saturated rings. The number of unbranched alkanes of at least 4 members (excludes halogenated alkanes) is 1. The van der Waals surface area contributed by atoms with E-state index in [9.17, 15) is 9.59 Å². The summed E-state index contributed by atoms with van der Waals surface area (Å²) in [5, 5.41) is 2.48. The summed E-state index contributed by atoms with van der Waals surface area (Å²) >= 11 is 5.04. The fourth-order valence-electron chi connectivity index (χ4n) is 2.57. The molecule has 0 aliphatic carbocycles. The zero-order valence-electron chi connectivity index (χ0n) is 17.4. The summed E-state index contributed by atoms with van der Waals surface area (Å²) < 4.78 is 11.1. The van der Waals surface area contributed by atoms with Crippen LogP contribution in [0.15, 0.2) is 42.5 Å². The van der Waals surface area contributed by atoms with E-state index in [2.05, 4.69) is 23.1 Å². The molecule has 0 aromatic heterocycles. The lowest BCUT2D eigenvalue weighted by molar-refractivity contribution is -0.123. The van der Waals surface area contributed by atoms with Crippen LogP contribution >= 0.6 is 12.2 Å². The molecule has 0 unspecified atom stereocenters. The van der Waals surface area contributed by atoms with Gasteiger partial charge in [-0.25, -0.2) is 0 Å². The second-order valence-electron chi connectivity index (χ2n) is 6.69. The average Bonchev–Trinajstić information content (AvgIpc) is 2.72. The van der Waals surface area contributed by atoms with Gasteiger partial charge in [-0.3, -0.25) is 25.8 Å². The molecule has 0 aliphatic rings. The van der Waals surface area contributed by atoms with Crippen LogP contribution in [0, 0.1) is 13.8 Å². The van der Waals surface area contributed by atoms with E-state index in [1.54, 1.807) is 24.3 Å². The number of para-hydroxylation sites is 1. The van der Waals surface area contributed by atoms with E-state index in [0.29, 0.717) is 23.7 Å². The fourth-order valence-corrected chi connectivity index (χ4v) is 2.71. The van der Waals surface area contributed by atoms with E-state index in [1.165, 1.54) is 0 Å². The first kappa shape index (κ1) is 23.2. The van der Waals surface area contributed by atoms with Crippen LogP contribution in [0.25, 0.3) is 0 Å². The van der Waals surface area contributed by atoms with E-state index < -0.39 is 11.8 Å². The normalized spacial score (nSPS) is 10.1. The van der Waals surface area contributed by atoms with Crippen LogP contribution in [-0.2, 0) is 4.79 Å². The number of benzene rings is 2. The molecule has 0 saturated heterocycles. The van der Waals surface area contributed by atoms with Gasteiger partial charge in [-0.05, 0) is 67.9 Å². The van der Waals surface area contributed by atoms with E-state index >= 15 is 0 Å². The van der Waals surface area contributed by atoms with Crippen LogP contribution in [0.5, 0.6) is 11.5 Å². The Morgan fingerprint density at radius 1 is 0.967 bits per heavy atom. The molecule has 0 radical (unpaired) electrons. The molecule has 2 rings (SSSR count). The van der Waals surface area contributed by atoms with Crippen LogP contribution in [0.2, 0.25) is 0 Å². The summed E-state index contributed by atoms with van der Waals surface area (Å²) in [5.74, 6) is 0.555. The number of aryl methyl sites for hydroxylation is 2. The van der Waals surface area contributed by atoms with Crippen molar-refractivity contribution in [2.45, 2.75) is 33.6 Å². The third kappa shape index (κ3) is 7.36. The molecule has 2 aromatic carbocycles. The number of carbonyl (C=O) groups is 2. The quantitative estimate of drug-likeness (QED) is 0.339. The molecule has 8 heteroatoms. The smallest absolute Gasteiger partial charge is 0.276 e. The van der Waals surface area contributed by atoms with Crippen LogP contribution in [0.4, 0.5) is 0 Å². The second kappa shape index (κ2) is 11.8. The number of hydrogen-bond donors (Lipinski definition) is 3. The van der Waals surface area contributed by atoms with Crippen LogP contribution in [-0.4, -0.2) is 30.1 Å². The Bertz CT molecular complexity index is 864. The van der Waals surface area contributed by atoms with Crippen molar-refractivity contribution in [1.29, 1.82) is 0 Å². The molecule has 0 saturated carbocycles. The van der Waals surface area contributed by atoms with Crippen LogP contribution < -0.4 is 25.6 Å². The molecule has 2 amide bonds. The fraction of sp³-hybridized carbons (Fsp3) is 0.318. The van der Waals surface area contributed by atoms with Crippen molar-refractivity contribution in [3.8, 4) is 11.5 Å². The largest absolute Gasteiger partial charge is 0.494 e. The first-order valence-electron chi connectivity index (χ1n) is 9.72. The highest BCUT2D eigenvalue weighted by atomic mass is 32.1. The molecule has 0 spiro atoms. The van der Waals surface area contributed by atoms with Gasteiger partial charge in [-0.15, -0.1) is 0 Å². The number of carbonyl (C=O) groups excluding carboxylic acids is 2. The van der Waals surface area contributed by atoms with E-state index in [-0.39, 0.29) is 11.7 Å². The molecule has 0 bridgehead atoms. The number of amides is 2. The van der Waals surface area contributed by atoms with Crippen LogP contribution in [0.3, 0.4) is 0 Å². The van der Waals surface area contributed by atoms with Crippen molar-refractivity contribution < 1.29 is 19.1 Å². The number of thiocarbonyl (C=S) groups is 1. The number of nitrogens with one attached hydrogen (secondary N) is 3. The maximum Gasteiger partial charge on any atom is 0.276 e. The maximum absolute atomic E-state index is 12.2. The van der Waals surface area contributed by atoms with Gasteiger partial charge in [0.15, 0.2) is 11.7 Å². The van der Waals surface area contributed by atoms with Crippen molar-refractivity contribution in [3.63, 3.8) is 0 Å². The maximum atomic E-state index is 12.2. The Morgan fingerprint density at radius 3 is 2.27 bits per heavy atom. The first-order valence-corrected chi connectivity index (χ1v) is 10.1. The van der Waals surface area contributed by atoms with Gasteiger partial charge in [0.2, 0.25) is 0 Å².